The van der Waals surface area contributed by atoms with Crippen molar-refractivity contribution in [3.8, 4) is 0 Å². The van der Waals surface area contributed by atoms with E-state index in [4.69, 9.17) is 0 Å². The molecule has 0 unspecified atom stereocenters. The Morgan fingerprint density at radius 1 is 1.32 bits per heavy atom. The molecule has 0 aliphatic carbocycles. The molecule has 0 amide bonds. The summed E-state index contributed by atoms with van der Waals surface area (Å²) in [6.07, 6.45) is 7.35. The van der Waals surface area contributed by atoms with Crippen molar-refractivity contribution in [2.24, 2.45) is 0 Å². The zero-order chi connectivity index (χ0) is 17.9. The van der Waals surface area contributed by atoms with Crippen LogP contribution >= 0.6 is 0 Å². The molecule has 136 valence electrons. The molecule has 0 atom stereocenters. The lowest BCUT2D eigenvalue weighted by molar-refractivity contribution is 0.414. The summed E-state index contributed by atoms with van der Waals surface area (Å²) in [6.45, 7) is 4.32. The van der Waals surface area contributed by atoms with Crippen molar-refractivity contribution in [3.05, 3.63) is 35.5 Å². The molecule has 8 nitrogen and oxygen atoms in total. The first-order valence-electron chi connectivity index (χ1n) is 8.51. The minimum Gasteiger partial charge on any atom is -0.364 e. The summed E-state index contributed by atoms with van der Waals surface area (Å²) in [4.78, 5) is 8.39. The molecule has 0 aromatic carbocycles. The quantitative estimate of drug-likeness (QED) is 0.833. The fourth-order valence-corrected chi connectivity index (χ4v) is 3.83. The van der Waals surface area contributed by atoms with E-state index < -0.39 is 10.0 Å². The highest BCUT2D eigenvalue weighted by Gasteiger charge is 2.22. The largest absolute Gasteiger partial charge is 0.364 e. The first kappa shape index (κ1) is 17.8. The van der Waals surface area contributed by atoms with Crippen LogP contribution in [0.3, 0.4) is 0 Å². The van der Waals surface area contributed by atoms with Crippen LogP contribution in [0.1, 0.15) is 36.7 Å². The summed E-state index contributed by atoms with van der Waals surface area (Å²) in [5, 5.41) is 7.93. The molecule has 0 bridgehead atoms. The van der Waals surface area contributed by atoms with E-state index >= 15 is 0 Å². The van der Waals surface area contributed by atoms with Crippen molar-refractivity contribution in [1.82, 2.24) is 24.1 Å². The fraction of sp³-hybridized carbons (Fsp3) is 0.562. The topological polar surface area (TPSA) is 93.0 Å². The third kappa shape index (κ3) is 4.35. The van der Waals surface area contributed by atoms with Gasteiger partial charge >= 0.3 is 0 Å². The van der Waals surface area contributed by atoms with Crippen molar-refractivity contribution in [2.45, 2.75) is 45.8 Å². The van der Waals surface area contributed by atoms with Crippen LogP contribution in [0.2, 0.25) is 0 Å². The molecule has 25 heavy (non-hydrogen) atoms. The van der Waals surface area contributed by atoms with E-state index in [-0.39, 0.29) is 0 Å². The first-order valence-corrected chi connectivity index (χ1v) is 10.4. The van der Waals surface area contributed by atoms with Crippen LogP contribution in [0.25, 0.3) is 0 Å². The molecule has 0 saturated carbocycles. The van der Waals surface area contributed by atoms with Crippen LogP contribution < -0.4 is 5.32 Å². The standard InChI is InChI=1S/C16H24N6O2S/c1-3-5-13-9-17-12-19-16(13)18-10-14-8-15-11-21(25(2,23)24)6-4-7-22(15)20-14/h8-9,12H,3-7,10-11H2,1-2H3,(H,17,18,19). The van der Waals surface area contributed by atoms with Crippen LogP contribution in [0.4, 0.5) is 5.82 Å². The zero-order valence-corrected chi connectivity index (χ0v) is 15.5. The van der Waals surface area contributed by atoms with E-state index in [1.165, 1.54) is 16.9 Å². The highest BCUT2D eigenvalue weighted by Crippen LogP contribution is 2.18. The van der Waals surface area contributed by atoms with Crippen LogP contribution in [0.15, 0.2) is 18.6 Å². The average Bonchev–Trinajstić information content (AvgIpc) is 2.83. The van der Waals surface area contributed by atoms with E-state index in [1.807, 2.05) is 16.9 Å². The molecule has 0 fully saturated rings. The first-order chi connectivity index (χ1) is 12.0. The van der Waals surface area contributed by atoms with E-state index in [9.17, 15) is 8.42 Å². The smallest absolute Gasteiger partial charge is 0.211 e. The predicted molar refractivity (Wildman–Crippen MR) is 95.5 cm³/mol. The van der Waals surface area contributed by atoms with Crippen molar-refractivity contribution in [2.75, 3.05) is 18.1 Å². The zero-order valence-electron chi connectivity index (χ0n) is 14.6. The van der Waals surface area contributed by atoms with Crippen molar-refractivity contribution < 1.29 is 8.42 Å². The van der Waals surface area contributed by atoms with Crippen molar-refractivity contribution in [3.63, 3.8) is 0 Å². The predicted octanol–water partition coefficient (Wildman–Crippen LogP) is 1.40. The molecule has 2 aromatic heterocycles. The Balaban J connectivity index is 1.72. The van der Waals surface area contributed by atoms with Crippen LogP contribution in [0, 0.1) is 0 Å². The second-order valence-corrected chi connectivity index (χ2v) is 8.28. The van der Waals surface area contributed by atoms with Gasteiger partial charge in [0.05, 0.1) is 30.7 Å². The van der Waals surface area contributed by atoms with Gasteiger partial charge in [0.2, 0.25) is 10.0 Å². The summed E-state index contributed by atoms with van der Waals surface area (Å²) in [6, 6.07) is 1.97. The number of aromatic nitrogens is 4. The number of fused-ring (bicyclic) bond motifs is 1. The molecular weight excluding hydrogens is 340 g/mol. The van der Waals surface area contributed by atoms with E-state index in [2.05, 4.69) is 27.3 Å². The van der Waals surface area contributed by atoms with Gasteiger partial charge in [0.1, 0.15) is 12.1 Å². The second-order valence-electron chi connectivity index (χ2n) is 6.30. The fourth-order valence-electron chi connectivity index (χ4n) is 3.01. The molecule has 0 spiro atoms. The highest BCUT2D eigenvalue weighted by atomic mass is 32.2. The summed E-state index contributed by atoms with van der Waals surface area (Å²) < 4.78 is 27.1. The Morgan fingerprint density at radius 2 is 2.16 bits per heavy atom. The maximum Gasteiger partial charge on any atom is 0.211 e. The Hall–Kier alpha value is -2.00. The van der Waals surface area contributed by atoms with Gasteiger partial charge < -0.3 is 5.32 Å². The Kier molecular flexibility index (Phi) is 5.33. The van der Waals surface area contributed by atoms with Crippen molar-refractivity contribution in [1.29, 1.82) is 0 Å². The van der Waals surface area contributed by atoms with E-state index in [0.29, 0.717) is 19.6 Å². The third-order valence-corrected chi connectivity index (χ3v) is 5.49. The lowest BCUT2D eigenvalue weighted by Crippen LogP contribution is -2.29. The van der Waals surface area contributed by atoms with Gasteiger partial charge in [-0.15, -0.1) is 0 Å². The Morgan fingerprint density at radius 3 is 2.92 bits per heavy atom. The Labute approximate surface area is 148 Å². The average molecular weight is 364 g/mol. The minimum absolute atomic E-state index is 0.375. The number of rotatable bonds is 6. The molecule has 1 N–H and O–H groups in total. The van der Waals surface area contributed by atoms with E-state index in [0.717, 1.165) is 48.6 Å². The number of nitrogens with one attached hydrogen (secondary N) is 1. The number of anilines is 1. The number of hydrogen-bond donors (Lipinski definition) is 1. The number of aryl methyl sites for hydroxylation is 2. The molecular formula is C16H24N6O2S. The Bertz CT molecular complexity index is 833. The van der Waals surface area contributed by atoms with Gasteiger partial charge in [0.15, 0.2) is 0 Å². The summed E-state index contributed by atoms with van der Waals surface area (Å²) in [5.74, 6) is 0.831. The number of sulfonamides is 1. The van der Waals surface area contributed by atoms with Crippen LogP contribution in [-0.4, -0.2) is 45.3 Å². The highest BCUT2D eigenvalue weighted by molar-refractivity contribution is 7.88. The third-order valence-electron chi connectivity index (χ3n) is 4.24. The molecule has 1 aliphatic rings. The van der Waals surface area contributed by atoms with Crippen LogP contribution in [-0.2, 0) is 36.1 Å². The van der Waals surface area contributed by atoms with Gasteiger partial charge in [-0.05, 0) is 18.9 Å². The molecule has 3 heterocycles. The molecule has 9 heteroatoms. The van der Waals surface area contributed by atoms with Gasteiger partial charge in [-0.2, -0.15) is 9.40 Å². The number of nitrogens with zero attached hydrogens (tertiary/aromatic N) is 5. The van der Waals surface area contributed by atoms with Crippen molar-refractivity contribution >= 4 is 15.8 Å². The minimum atomic E-state index is -3.19. The molecule has 0 radical (unpaired) electrons. The maximum atomic E-state index is 11.8. The summed E-state index contributed by atoms with van der Waals surface area (Å²) in [5.41, 5.74) is 2.90. The van der Waals surface area contributed by atoms with E-state index in [1.54, 1.807) is 0 Å². The van der Waals surface area contributed by atoms with Gasteiger partial charge in [0.25, 0.3) is 0 Å². The SMILES string of the molecule is CCCc1cncnc1NCc1cc2n(n1)CCCN(S(C)(=O)=O)C2. The summed E-state index contributed by atoms with van der Waals surface area (Å²) >= 11 is 0. The molecule has 0 saturated heterocycles. The monoisotopic (exact) mass is 364 g/mol. The van der Waals surface area contributed by atoms with Gasteiger partial charge in [0, 0.05) is 24.8 Å². The van der Waals surface area contributed by atoms with Gasteiger partial charge in [-0.25, -0.2) is 18.4 Å². The number of hydrogen-bond acceptors (Lipinski definition) is 6. The lowest BCUT2D eigenvalue weighted by Gasteiger charge is -2.16. The normalized spacial score (nSPS) is 15.6. The van der Waals surface area contributed by atoms with Gasteiger partial charge in [-0.3, -0.25) is 4.68 Å². The summed E-state index contributed by atoms with van der Waals surface area (Å²) in [7, 11) is -3.19. The second kappa shape index (κ2) is 7.49. The maximum absolute atomic E-state index is 11.8. The molecule has 3 rings (SSSR count). The molecule has 1 aliphatic heterocycles. The lowest BCUT2D eigenvalue weighted by atomic mass is 10.2. The van der Waals surface area contributed by atoms with Gasteiger partial charge in [-0.1, -0.05) is 13.3 Å². The van der Waals surface area contributed by atoms with Crippen LogP contribution in [0.5, 0.6) is 0 Å². The molecule has 2 aromatic rings.